The van der Waals surface area contributed by atoms with Crippen molar-refractivity contribution in [2.45, 2.75) is 26.4 Å². The molecular formula is C12H20N4O2. The Morgan fingerprint density at radius 2 is 2.11 bits per heavy atom. The SMILES string of the molecule is CNC(=O)c1ccc(NCC(O)CC(C)C)nn1. The molecule has 0 aliphatic rings. The van der Waals surface area contributed by atoms with Crippen molar-refractivity contribution in [2.24, 2.45) is 5.92 Å². The lowest BCUT2D eigenvalue weighted by atomic mass is 10.1. The zero-order valence-electron chi connectivity index (χ0n) is 11.0. The lowest BCUT2D eigenvalue weighted by molar-refractivity contribution is 0.0957. The molecular weight excluding hydrogens is 232 g/mol. The second kappa shape index (κ2) is 6.90. The maximum Gasteiger partial charge on any atom is 0.271 e. The fourth-order valence-corrected chi connectivity index (χ4v) is 1.53. The maximum atomic E-state index is 11.2. The third kappa shape index (κ3) is 4.67. The summed E-state index contributed by atoms with van der Waals surface area (Å²) in [7, 11) is 1.54. The number of aliphatic hydroxyl groups excluding tert-OH is 1. The summed E-state index contributed by atoms with van der Waals surface area (Å²) in [5.41, 5.74) is 0.269. The highest BCUT2D eigenvalue weighted by Gasteiger charge is 2.08. The lowest BCUT2D eigenvalue weighted by Gasteiger charge is -2.13. The molecule has 6 heteroatoms. The minimum Gasteiger partial charge on any atom is -0.391 e. The van der Waals surface area contributed by atoms with E-state index in [4.69, 9.17) is 0 Å². The molecule has 1 aromatic rings. The first-order valence-corrected chi connectivity index (χ1v) is 6.00. The van der Waals surface area contributed by atoms with E-state index in [0.29, 0.717) is 18.3 Å². The van der Waals surface area contributed by atoms with Crippen LogP contribution in [0.15, 0.2) is 12.1 Å². The second-order valence-corrected chi connectivity index (χ2v) is 4.55. The van der Waals surface area contributed by atoms with Crippen LogP contribution in [0.3, 0.4) is 0 Å². The molecule has 0 spiro atoms. The molecule has 0 fully saturated rings. The third-order valence-electron chi connectivity index (χ3n) is 2.39. The van der Waals surface area contributed by atoms with Gasteiger partial charge in [-0.1, -0.05) is 13.8 Å². The average Bonchev–Trinajstić information content (AvgIpc) is 2.35. The van der Waals surface area contributed by atoms with Crippen molar-refractivity contribution >= 4 is 11.7 Å². The molecule has 100 valence electrons. The molecule has 1 atom stereocenters. The predicted octanol–water partition coefficient (Wildman–Crippen LogP) is 0.655. The Morgan fingerprint density at radius 1 is 1.39 bits per heavy atom. The van der Waals surface area contributed by atoms with E-state index >= 15 is 0 Å². The highest BCUT2D eigenvalue weighted by molar-refractivity contribution is 5.91. The highest BCUT2D eigenvalue weighted by Crippen LogP contribution is 2.06. The van der Waals surface area contributed by atoms with E-state index in [1.165, 1.54) is 0 Å². The molecule has 0 aliphatic carbocycles. The summed E-state index contributed by atoms with van der Waals surface area (Å²) in [6.07, 6.45) is 0.321. The normalized spacial score (nSPS) is 12.3. The summed E-state index contributed by atoms with van der Waals surface area (Å²) in [6, 6.07) is 3.25. The molecule has 0 saturated heterocycles. The van der Waals surface area contributed by atoms with Gasteiger partial charge in [0.25, 0.3) is 5.91 Å². The fraction of sp³-hybridized carbons (Fsp3) is 0.583. The summed E-state index contributed by atoms with van der Waals surface area (Å²) in [4.78, 5) is 11.2. The van der Waals surface area contributed by atoms with Gasteiger partial charge in [0, 0.05) is 13.6 Å². The van der Waals surface area contributed by atoms with Crippen LogP contribution in [-0.4, -0.2) is 40.9 Å². The number of aromatic nitrogens is 2. The van der Waals surface area contributed by atoms with E-state index in [2.05, 4.69) is 34.7 Å². The Hall–Kier alpha value is -1.69. The Labute approximate surface area is 107 Å². The Bertz CT molecular complexity index is 378. The van der Waals surface area contributed by atoms with Gasteiger partial charge in [0.1, 0.15) is 5.82 Å². The number of nitrogens with one attached hydrogen (secondary N) is 2. The van der Waals surface area contributed by atoms with Gasteiger partial charge in [0.2, 0.25) is 0 Å². The van der Waals surface area contributed by atoms with Gasteiger partial charge in [0.15, 0.2) is 5.69 Å². The van der Waals surface area contributed by atoms with Crippen molar-refractivity contribution in [1.29, 1.82) is 0 Å². The molecule has 0 bridgehead atoms. The van der Waals surface area contributed by atoms with Crippen molar-refractivity contribution in [1.82, 2.24) is 15.5 Å². The molecule has 1 aromatic heterocycles. The van der Waals surface area contributed by atoms with Crippen LogP contribution in [0.1, 0.15) is 30.8 Å². The van der Waals surface area contributed by atoms with Crippen molar-refractivity contribution in [3.63, 3.8) is 0 Å². The van der Waals surface area contributed by atoms with Gasteiger partial charge >= 0.3 is 0 Å². The molecule has 0 radical (unpaired) electrons. The number of rotatable bonds is 6. The highest BCUT2D eigenvalue weighted by atomic mass is 16.3. The molecule has 1 amide bonds. The monoisotopic (exact) mass is 252 g/mol. The number of anilines is 1. The number of nitrogens with zero attached hydrogens (tertiary/aromatic N) is 2. The minimum atomic E-state index is -0.412. The summed E-state index contributed by atoms with van der Waals surface area (Å²) < 4.78 is 0. The van der Waals surface area contributed by atoms with E-state index in [1.54, 1.807) is 19.2 Å². The van der Waals surface area contributed by atoms with Gasteiger partial charge in [-0.05, 0) is 24.5 Å². The first kappa shape index (κ1) is 14.4. The van der Waals surface area contributed by atoms with E-state index in [9.17, 15) is 9.90 Å². The van der Waals surface area contributed by atoms with Crippen LogP contribution in [0.5, 0.6) is 0 Å². The molecule has 1 rings (SSSR count). The van der Waals surface area contributed by atoms with E-state index in [-0.39, 0.29) is 11.6 Å². The number of hydrogen-bond donors (Lipinski definition) is 3. The van der Waals surface area contributed by atoms with Gasteiger partial charge in [-0.15, -0.1) is 10.2 Å². The van der Waals surface area contributed by atoms with Crippen molar-refractivity contribution in [3.05, 3.63) is 17.8 Å². The predicted molar refractivity (Wildman–Crippen MR) is 69.4 cm³/mol. The van der Waals surface area contributed by atoms with Gasteiger partial charge in [-0.25, -0.2) is 0 Å². The van der Waals surface area contributed by atoms with Crippen molar-refractivity contribution in [3.8, 4) is 0 Å². The van der Waals surface area contributed by atoms with Gasteiger partial charge in [-0.2, -0.15) is 0 Å². The smallest absolute Gasteiger partial charge is 0.271 e. The molecule has 3 N–H and O–H groups in total. The molecule has 6 nitrogen and oxygen atoms in total. The average molecular weight is 252 g/mol. The van der Waals surface area contributed by atoms with Gasteiger partial charge < -0.3 is 15.7 Å². The zero-order valence-corrected chi connectivity index (χ0v) is 11.0. The second-order valence-electron chi connectivity index (χ2n) is 4.55. The number of aliphatic hydroxyl groups is 1. The van der Waals surface area contributed by atoms with Crippen molar-refractivity contribution in [2.75, 3.05) is 18.9 Å². The quantitative estimate of drug-likeness (QED) is 0.692. The Morgan fingerprint density at radius 3 is 2.61 bits per heavy atom. The van der Waals surface area contributed by atoms with Crippen LogP contribution in [0, 0.1) is 5.92 Å². The summed E-state index contributed by atoms with van der Waals surface area (Å²) >= 11 is 0. The zero-order chi connectivity index (χ0) is 13.5. The molecule has 1 heterocycles. The molecule has 18 heavy (non-hydrogen) atoms. The number of carbonyl (C=O) groups excluding carboxylic acids is 1. The number of amides is 1. The first-order valence-electron chi connectivity index (χ1n) is 6.00. The van der Waals surface area contributed by atoms with Crippen LogP contribution in [-0.2, 0) is 0 Å². The van der Waals surface area contributed by atoms with E-state index in [0.717, 1.165) is 6.42 Å². The van der Waals surface area contributed by atoms with Crippen LogP contribution in [0.2, 0.25) is 0 Å². The van der Waals surface area contributed by atoms with Crippen LogP contribution >= 0.6 is 0 Å². The number of carbonyl (C=O) groups is 1. The standard InChI is InChI=1S/C12H20N4O2/c1-8(2)6-9(17)7-14-11-5-4-10(15-16-11)12(18)13-3/h4-5,8-9,17H,6-7H2,1-3H3,(H,13,18)(H,14,16). The van der Waals surface area contributed by atoms with Crippen molar-refractivity contribution < 1.29 is 9.90 Å². The third-order valence-corrected chi connectivity index (χ3v) is 2.39. The minimum absolute atomic E-state index is 0.269. The van der Waals surface area contributed by atoms with Crippen LogP contribution in [0.25, 0.3) is 0 Å². The summed E-state index contributed by atoms with van der Waals surface area (Å²) in [5.74, 6) is 0.725. The number of hydrogen-bond acceptors (Lipinski definition) is 5. The Kier molecular flexibility index (Phi) is 5.51. The molecule has 1 unspecified atom stereocenters. The lowest BCUT2D eigenvalue weighted by Crippen LogP contribution is -2.23. The first-order chi connectivity index (χ1) is 8.52. The molecule has 0 aromatic carbocycles. The summed E-state index contributed by atoms with van der Waals surface area (Å²) in [6.45, 7) is 4.54. The maximum absolute atomic E-state index is 11.2. The van der Waals surface area contributed by atoms with Gasteiger partial charge in [-0.3, -0.25) is 4.79 Å². The molecule has 0 aliphatic heterocycles. The topological polar surface area (TPSA) is 87.1 Å². The summed E-state index contributed by atoms with van der Waals surface area (Å²) in [5, 5.41) is 22.8. The van der Waals surface area contributed by atoms with Crippen LogP contribution < -0.4 is 10.6 Å². The fourth-order valence-electron chi connectivity index (χ4n) is 1.53. The molecule has 0 saturated carbocycles. The van der Waals surface area contributed by atoms with E-state index < -0.39 is 6.10 Å². The Balaban J connectivity index is 2.46. The van der Waals surface area contributed by atoms with E-state index in [1.807, 2.05) is 0 Å². The largest absolute Gasteiger partial charge is 0.391 e. The van der Waals surface area contributed by atoms with Gasteiger partial charge in [0.05, 0.1) is 6.10 Å². The van der Waals surface area contributed by atoms with Crippen LogP contribution in [0.4, 0.5) is 5.82 Å².